The molecule has 1 atom stereocenters. The maximum Gasteiger partial charge on any atom is 0.0233 e. The molecule has 1 aromatic rings. The minimum Gasteiger partial charge on any atom is -0.320 e. The fourth-order valence-corrected chi connectivity index (χ4v) is 2.72. The molecule has 94 valence electrons. The highest BCUT2D eigenvalue weighted by Crippen LogP contribution is 2.20. The van der Waals surface area contributed by atoms with Crippen molar-refractivity contribution in [3.05, 3.63) is 35.9 Å². The lowest BCUT2D eigenvalue weighted by molar-refractivity contribution is 0.162. The molecule has 0 bridgehead atoms. The van der Waals surface area contributed by atoms with Gasteiger partial charge in [0.05, 0.1) is 0 Å². The van der Waals surface area contributed by atoms with E-state index in [-0.39, 0.29) is 0 Å². The highest BCUT2D eigenvalue weighted by atomic mass is 15.1. The maximum atomic E-state index is 3.26. The molecular formula is C15H24N2. The molecule has 1 N–H and O–H groups in total. The van der Waals surface area contributed by atoms with Gasteiger partial charge in [0.2, 0.25) is 0 Å². The van der Waals surface area contributed by atoms with Crippen LogP contribution in [0.4, 0.5) is 0 Å². The number of likely N-dealkylation sites (tertiary alicyclic amines) is 1. The Morgan fingerprint density at radius 1 is 1.29 bits per heavy atom. The third-order valence-corrected chi connectivity index (χ3v) is 3.65. The fourth-order valence-electron chi connectivity index (χ4n) is 2.72. The molecule has 1 aromatic carbocycles. The molecule has 1 heterocycles. The van der Waals surface area contributed by atoms with Gasteiger partial charge in [0.1, 0.15) is 0 Å². The largest absolute Gasteiger partial charge is 0.320 e. The highest BCUT2D eigenvalue weighted by Gasteiger charge is 2.19. The van der Waals surface area contributed by atoms with Gasteiger partial charge in [-0.25, -0.2) is 0 Å². The van der Waals surface area contributed by atoms with Crippen molar-refractivity contribution in [2.24, 2.45) is 5.92 Å². The Morgan fingerprint density at radius 2 is 2.12 bits per heavy atom. The number of piperidine rings is 1. The number of rotatable bonds is 5. The molecule has 0 spiro atoms. The van der Waals surface area contributed by atoms with E-state index >= 15 is 0 Å². The van der Waals surface area contributed by atoms with Crippen molar-refractivity contribution in [2.45, 2.75) is 25.8 Å². The first-order chi connectivity index (χ1) is 8.38. The van der Waals surface area contributed by atoms with Crippen LogP contribution in [0.2, 0.25) is 0 Å². The first-order valence-corrected chi connectivity index (χ1v) is 6.79. The van der Waals surface area contributed by atoms with Crippen molar-refractivity contribution in [1.82, 2.24) is 10.2 Å². The molecule has 0 aromatic heterocycles. The number of nitrogens with one attached hydrogen (secondary N) is 1. The van der Waals surface area contributed by atoms with E-state index in [1.54, 1.807) is 0 Å². The van der Waals surface area contributed by atoms with Crippen LogP contribution in [0.1, 0.15) is 24.8 Å². The minimum absolute atomic E-state index is 0.889. The van der Waals surface area contributed by atoms with E-state index in [4.69, 9.17) is 0 Å². The van der Waals surface area contributed by atoms with Gasteiger partial charge in [-0.3, -0.25) is 4.90 Å². The second kappa shape index (κ2) is 6.77. The summed E-state index contributed by atoms with van der Waals surface area (Å²) in [6, 6.07) is 10.8. The monoisotopic (exact) mass is 232 g/mol. The summed E-state index contributed by atoms with van der Waals surface area (Å²) in [4.78, 5) is 2.61. The molecule has 1 aliphatic rings. The minimum atomic E-state index is 0.889. The average Bonchev–Trinajstić information content (AvgIpc) is 2.38. The summed E-state index contributed by atoms with van der Waals surface area (Å²) in [5, 5.41) is 3.26. The smallest absolute Gasteiger partial charge is 0.0233 e. The zero-order valence-corrected chi connectivity index (χ0v) is 10.9. The standard InChI is InChI=1S/C15H24N2/c1-16-10-9-15-8-5-11-17(13-15)12-14-6-3-2-4-7-14/h2-4,6-7,15-16H,5,8-13H2,1H3/t15-/m0/s1. The Hall–Kier alpha value is -0.860. The van der Waals surface area contributed by atoms with Crippen LogP contribution >= 0.6 is 0 Å². The lowest BCUT2D eigenvalue weighted by Crippen LogP contribution is -2.35. The van der Waals surface area contributed by atoms with Crippen molar-refractivity contribution in [1.29, 1.82) is 0 Å². The first kappa shape index (κ1) is 12.6. The highest BCUT2D eigenvalue weighted by molar-refractivity contribution is 5.14. The number of hydrogen-bond acceptors (Lipinski definition) is 2. The van der Waals surface area contributed by atoms with Crippen molar-refractivity contribution in [3.8, 4) is 0 Å². The molecule has 0 radical (unpaired) electrons. The summed E-state index contributed by atoms with van der Waals surface area (Å²) in [7, 11) is 2.05. The zero-order valence-electron chi connectivity index (χ0n) is 10.9. The maximum absolute atomic E-state index is 3.26. The van der Waals surface area contributed by atoms with Crippen molar-refractivity contribution >= 4 is 0 Å². The average molecular weight is 232 g/mol. The number of nitrogens with zero attached hydrogens (tertiary/aromatic N) is 1. The molecule has 1 saturated heterocycles. The number of benzene rings is 1. The molecular weight excluding hydrogens is 208 g/mol. The molecule has 17 heavy (non-hydrogen) atoms. The molecule has 2 nitrogen and oxygen atoms in total. The number of hydrogen-bond donors (Lipinski definition) is 1. The molecule has 1 fully saturated rings. The van der Waals surface area contributed by atoms with E-state index in [2.05, 4.69) is 40.5 Å². The van der Waals surface area contributed by atoms with Crippen LogP contribution in [-0.4, -0.2) is 31.6 Å². The van der Waals surface area contributed by atoms with Crippen molar-refractivity contribution < 1.29 is 0 Å². The zero-order chi connectivity index (χ0) is 11.9. The van der Waals surface area contributed by atoms with Crippen LogP contribution in [-0.2, 0) is 6.54 Å². The molecule has 0 saturated carbocycles. The van der Waals surface area contributed by atoms with Gasteiger partial charge in [-0.15, -0.1) is 0 Å². The van der Waals surface area contributed by atoms with Crippen LogP contribution in [0.25, 0.3) is 0 Å². The Kier molecular flexibility index (Phi) is 5.02. The van der Waals surface area contributed by atoms with Gasteiger partial charge in [-0.1, -0.05) is 30.3 Å². The summed E-state index contributed by atoms with van der Waals surface area (Å²) >= 11 is 0. The van der Waals surface area contributed by atoms with Crippen molar-refractivity contribution in [3.63, 3.8) is 0 Å². The SMILES string of the molecule is CNCC[C@@H]1CCCN(Cc2ccccc2)C1. The van der Waals surface area contributed by atoms with Crippen LogP contribution in [0.3, 0.4) is 0 Å². The summed E-state index contributed by atoms with van der Waals surface area (Å²) in [5.41, 5.74) is 1.45. The normalized spacial score (nSPS) is 21.6. The van der Waals surface area contributed by atoms with E-state index < -0.39 is 0 Å². The Morgan fingerprint density at radius 3 is 2.88 bits per heavy atom. The quantitative estimate of drug-likeness (QED) is 0.839. The van der Waals surface area contributed by atoms with Crippen LogP contribution in [0, 0.1) is 5.92 Å². The molecule has 0 unspecified atom stereocenters. The summed E-state index contributed by atoms with van der Waals surface area (Å²) in [6.07, 6.45) is 4.09. The van der Waals surface area contributed by atoms with Gasteiger partial charge >= 0.3 is 0 Å². The topological polar surface area (TPSA) is 15.3 Å². The lowest BCUT2D eigenvalue weighted by Gasteiger charge is -2.32. The Balaban J connectivity index is 1.81. The van der Waals surface area contributed by atoms with Gasteiger partial charge < -0.3 is 5.32 Å². The molecule has 2 heteroatoms. The van der Waals surface area contributed by atoms with E-state index in [1.807, 2.05) is 7.05 Å². The van der Waals surface area contributed by atoms with Gasteiger partial charge in [0, 0.05) is 13.1 Å². The lowest BCUT2D eigenvalue weighted by atomic mass is 9.94. The van der Waals surface area contributed by atoms with Crippen molar-refractivity contribution in [2.75, 3.05) is 26.7 Å². The second-order valence-corrected chi connectivity index (χ2v) is 5.12. The van der Waals surface area contributed by atoms with Gasteiger partial charge in [0.15, 0.2) is 0 Å². The van der Waals surface area contributed by atoms with E-state index in [0.29, 0.717) is 0 Å². The Labute approximate surface area is 105 Å². The summed E-state index contributed by atoms with van der Waals surface area (Å²) < 4.78 is 0. The summed E-state index contributed by atoms with van der Waals surface area (Å²) in [6.45, 7) is 4.82. The third-order valence-electron chi connectivity index (χ3n) is 3.65. The van der Waals surface area contributed by atoms with E-state index in [9.17, 15) is 0 Å². The van der Waals surface area contributed by atoms with E-state index in [1.165, 1.54) is 37.9 Å². The summed E-state index contributed by atoms with van der Waals surface area (Å²) in [5.74, 6) is 0.889. The fraction of sp³-hybridized carbons (Fsp3) is 0.600. The van der Waals surface area contributed by atoms with E-state index in [0.717, 1.165) is 19.0 Å². The molecule has 0 amide bonds. The molecule has 1 aliphatic heterocycles. The van der Waals surface area contributed by atoms with Gasteiger partial charge in [0.25, 0.3) is 0 Å². The van der Waals surface area contributed by atoms with Crippen LogP contribution in [0.5, 0.6) is 0 Å². The predicted molar refractivity (Wildman–Crippen MR) is 73.0 cm³/mol. The molecule has 0 aliphatic carbocycles. The molecule has 2 rings (SSSR count). The first-order valence-electron chi connectivity index (χ1n) is 6.79. The van der Waals surface area contributed by atoms with Crippen LogP contribution in [0.15, 0.2) is 30.3 Å². The Bertz CT molecular complexity index is 310. The van der Waals surface area contributed by atoms with Gasteiger partial charge in [-0.05, 0) is 50.9 Å². The predicted octanol–water partition coefficient (Wildman–Crippen LogP) is 2.51. The second-order valence-electron chi connectivity index (χ2n) is 5.12. The third kappa shape index (κ3) is 4.14. The van der Waals surface area contributed by atoms with Crippen LogP contribution < -0.4 is 5.32 Å². The van der Waals surface area contributed by atoms with Gasteiger partial charge in [-0.2, -0.15) is 0 Å².